The molecule has 20 heavy (non-hydrogen) atoms. The molecular weight excluding hydrogens is 260 g/mol. The number of fused-ring (bicyclic) bond motifs is 1. The topological polar surface area (TPSA) is 74.2 Å². The zero-order valence-corrected chi connectivity index (χ0v) is 11.3. The van der Waals surface area contributed by atoms with Crippen LogP contribution in [0.2, 0.25) is 0 Å². The Hall–Kier alpha value is -1.50. The summed E-state index contributed by atoms with van der Waals surface area (Å²) < 4.78 is 11.6. The van der Waals surface area contributed by atoms with Crippen LogP contribution in [-0.2, 0) is 0 Å². The highest BCUT2D eigenvalue weighted by molar-refractivity contribution is 5.65. The van der Waals surface area contributed by atoms with E-state index in [0.29, 0.717) is 11.5 Å². The zero-order chi connectivity index (χ0) is 14.0. The number of aliphatic hydroxyl groups is 2. The monoisotopic (exact) mass is 280 g/mol. The molecular formula is C14H20N2O4. The largest absolute Gasteiger partial charge is 0.485 e. The van der Waals surface area contributed by atoms with Crippen molar-refractivity contribution in [2.45, 2.75) is 5.60 Å². The molecule has 1 fully saturated rings. The molecule has 0 bridgehead atoms. The molecule has 3 N–H and O–H groups in total. The van der Waals surface area contributed by atoms with Crippen LogP contribution in [0.15, 0.2) is 18.2 Å². The highest BCUT2D eigenvalue weighted by Crippen LogP contribution is 2.42. The Bertz CT molecular complexity index is 470. The summed E-state index contributed by atoms with van der Waals surface area (Å²) in [5, 5.41) is 22.3. The van der Waals surface area contributed by atoms with Crippen molar-refractivity contribution in [3.8, 4) is 11.5 Å². The fourth-order valence-electron chi connectivity index (χ4n) is 2.54. The van der Waals surface area contributed by atoms with Gasteiger partial charge in [0, 0.05) is 26.2 Å². The summed E-state index contributed by atoms with van der Waals surface area (Å²) in [6.45, 7) is 3.23. The minimum atomic E-state index is -1.06. The molecule has 2 heterocycles. The Morgan fingerprint density at radius 3 is 2.65 bits per heavy atom. The van der Waals surface area contributed by atoms with E-state index in [1.165, 1.54) is 0 Å². The molecule has 1 aromatic rings. The highest BCUT2D eigenvalue weighted by atomic mass is 16.6. The summed E-state index contributed by atoms with van der Waals surface area (Å²) in [4.78, 5) is 2.23. The van der Waals surface area contributed by atoms with Crippen LogP contribution in [0.5, 0.6) is 11.5 Å². The number of rotatable bonds is 3. The van der Waals surface area contributed by atoms with Crippen LogP contribution < -0.4 is 19.7 Å². The summed E-state index contributed by atoms with van der Waals surface area (Å²) in [5.74, 6) is 1.28. The van der Waals surface area contributed by atoms with Crippen LogP contribution >= 0.6 is 0 Å². The number of hydrogen-bond acceptors (Lipinski definition) is 6. The Kier molecular flexibility index (Phi) is 3.69. The van der Waals surface area contributed by atoms with E-state index in [0.717, 1.165) is 31.9 Å². The second-order valence-corrected chi connectivity index (χ2v) is 5.23. The van der Waals surface area contributed by atoms with Gasteiger partial charge in [0.15, 0.2) is 17.1 Å². The van der Waals surface area contributed by atoms with Crippen molar-refractivity contribution >= 4 is 5.69 Å². The van der Waals surface area contributed by atoms with E-state index in [9.17, 15) is 10.2 Å². The first-order valence-electron chi connectivity index (χ1n) is 6.90. The van der Waals surface area contributed by atoms with E-state index in [1.807, 2.05) is 18.2 Å². The van der Waals surface area contributed by atoms with Gasteiger partial charge in [0.2, 0.25) is 0 Å². The Morgan fingerprint density at radius 2 is 1.95 bits per heavy atom. The summed E-state index contributed by atoms with van der Waals surface area (Å²) >= 11 is 0. The third-order valence-corrected chi connectivity index (χ3v) is 3.80. The van der Waals surface area contributed by atoms with Crippen LogP contribution in [0.25, 0.3) is 0 Å². The van der Waals surface area contributed by atoms with Crippen LogP contribution in [0.4, 0.5) is 5.69 Å². The predicted molar refractivity (Wildman–Crippen MR) is 74.6 cm³/mol. The lowest BCUT2D eigenvalue weighted by atomic mass is 10.1. The maximum atomic E-state index is 9.48. The highest BCUT2D eigenvalue weighted by Gasteiger charge is 2.38. The fourth-order valence-corrected chi connectivity index (χ4v) is 2.54. The lowest BCUT2D eigenvalue weighted by Crippen LogP contribution is -2.52. The quantitative estimate of drug-likeness (QED) is 0.699. The number of aliphatic hydroxyl groups excluding tert-OH is 2. The van der Waals surface area contributed by atoms with Gasteiger partial charge in [-0.2, -0.15) is 0 Å². The zero-order valence-electron chi connectivity index (χ0n) is 11.3. The molecule has 0 atom stereocenters. The third kappa shape index (κ3) is 2.30. The van der Waals surface area contributed by atoms with Crippen molar-refractivity contribution in [2.24, 2.45) is 0 Å². The number of anilines is 1. The maximum Gasteiger partial charge on any atom is 0.189 e. The molecule has 6 heteroatoms. The molecule has 110 valence electrons. The molecule has 0 unspecified atom stereocenters. The lowest BCUT2D eigenvalue weighted by Gasteiger charge is -2.39. The smallest absolute Gasteiger partial charge is 0.189 e. The van der Waals surface area contributed by atoms with Gasteiger partial charge in [0.05, 0.1) is 18.9 Å². The third-order valence-electron chi connectivity index (χ3n) is 3.80. The molecule has 0 amide bonds. The number of nitrogens with one attached hydrogen (secondary N) is 1. The lowest BCUT2D eigenvalue weighted by molar-refractivity contribution is -0.0784. The molecule has 1 aromatic carbocycles. The van der Waals surface area contributed by atoms with E-state index in [4.69, 9.17) is 9.47 Å². The van der Waals surface area contributed by atoms with Crippen LogP contribution in [-0.4, -0.2) is 61.8 Å². The van der Waals surface area contributed by atoms with Crippen molar-refractivity contribution in [1.82, 2.24) is 5.32 Å². The minimum Gasteiger partial charge on any atom is -0.485 e. The number of ether oxygens (including phenoxy) is 2. The van der Waals surface area contributed by atoms with Gasteiger partial charge < -0.3 is 29.9 Å². The molecule has 3 rings (SSSR count). The van der Waals surface area contributed by atoms with Gasteiger partial charge in [-0.05, 0) is 12.1 Å². The summed E-state index contributed by atoms with van der Waals surface area (Å²) in [6.07, 6.45) is 0. The van der Waals surface area contributed by atoms with Gasteiger partial charge in [0.1, 0.15) is 6.61 Å². The van der Waals surface area contributed by atoms with Crippen molar-refractivity contribution < 1.29 is 19.7 Å². The average molecular weight is 280 g/mol. The van der Waals surface area contributed by atoms with E-state index in [-0.39, 0.29) is 19.8 Å². The van der Waals surface area contributed by atoms with Gasteiger partial charge in [0.25, 0.3) is 0 Å². The summed E-state index contributed by atoms with van der Waals surface area (Å²) in [7, 11) is 0. The van der Waals surface area contributed by atoms with Gasteiger partial charge >= 0.3 is 0 Å². The van der Waals surface area contributed by atoms with Crippen LogP contribution in [0.1, 0.15) is 0 Å². The second-order valence-electron chi connectivity index (χ2n) is 5.23. The van der Waals surface area contributed by atoms with E-state index in [1.54, 1.807) is 0 Å². The Morgan fingerprint density at radius 1 is 1.20 bits per heavy atom. The molecule has 2 aliphatic rings. The van der Waals surface area contributed by atoms with Crippen LogP contribution in [0, 0.1) is 0 Å². The Labute approximate surface area is 117 Å². The van der Waals surface area contributed by atoms with Gasteiger partial charge in [-0.3, -0.25) is 0 Å². The summed E-state index contributed by atoms with van der Waals surface area (Å²) in [5.41, 5.74) is -0.105. The SMILES string of the molecule is OCC1(CO)COc2cccc(N3CCNCC3)c2O1. The molecule has 2 aliphatic heterocycles. The number of para-hydroxylation sites is 1. The fraction of sp³-hybridized carbons (Fsp3) is 0.571. The first-order chi connectivity index (χ1) is 9.78. The minimum absolute atomic E-state index is 0.151. The van der Waals surface area contributed by atoms with Gasteiger partial charge in [-0.25, -0.2) is 0 Å². The standard InChI is InChI=1S/C14H20N2O4/c17-8-14(9-18)10-19-12-3-1-2-11(13(12)20-14)16-6-4-15-5-7-16/h1-3,15,17-18H,4-10H2. The Balaban J connectivity index is 1.93. The van der Waals surface area contributed by atoms with E-state index >= 15 is 0 Å². The van der Waals surface area contributed by atoms with Crippen molar-refractivity contribution in [1.29, 1.82) is 0 Å². The molecule has 1 saturated heterocycles. The molecule has 0 radical (unpaired) electrons. The van der Waals surface area contributed by atoms with Crippen molar-refractivity contribution in [3.05, 3.63) is 18.2 Å². The number of benzene rings is 1. The van der Waals surface area contributed by atoms with Crippen molar-refractivity contribution in [3.63, 3.8) is 0 Å². The van der Waals surface area contributed by atoms with Gasteiger partial charge in [-0.1, -0.05) is 6.07 Å². The number of piperazine rings is 1. The van der Waals surface area contributed by atoms with E-state index < -0.39 is 5.60 Å². The predicted octanol–water partition coefficient (Wildman–Crippen LogP) is -0.409. The molecule has 0 aromatic heterocycles. The molecule has 6 nitrogen and oxygen atoms in total. The average Bonchev–Trinajstić information content (AvgIpc) is 2.54. The maximum absolute atomic E-state index is 9.48. The molecule has 0 saturated carbocycles. The summed E-state index contributed by atoms with van der Waals surface area (Å²) in [6, 6.07) is 5.77. The molecule has 0 spiro atoms. The number of nitrogens with zero attached hydrogens (tertiary/aromatic N) is 1. The first kappa shape index (κ1) is 13.5. The van der Waals surface area contributed by atoms with Gasteiger partial charge in [-0.15, -0.1) is 0 Å². The molecule has 0 aliphatic carbocycles. The van der Waals surface area contributed by atoms with E-state index in [2.05, 4.69) is 10.2 Å². The van der Waals surface area contributed by atoms with Crippen LogP contribution in [0.3, 0.4) is 0 Å². The second kappa shape index (κ2) is 5.47. The van der Waals surface area contributed by atoms with Crippen molar-refractivity contribution in [2.75, 3.05) is 50.9 Å². The first-order valence-corrected chi connectivity index (χ1v) is 6.90. The normalized spacial score (nSPS) is 20.8. The number of hydrogen-bond donors (Lipinski definition) is 3.